The van der Waals surface area contributed by atoms with Crippen molar-refractivity contribution in [1.29, 1.82) is 0 Å². The number of anilines is 3. The highest BCUT2D eigenvalue weighted by molar-refractivity contribution is 6.12. The molecule has 0 atom stereocenters. The van der Waals surface area contributed by atoms with Crippen LogP contribution in [-0.2, 0) is 5.41 Å². The van der Waals surface area contributed by atoms with Crippen molar-refractivity contribution in [2.24, 2.45) is 0 Å². The zero-order chi connectivity index (χ0) is 39.5. The van der Waals surface area contributed by atoms with Gasteiger partial charge in [-0.05, 0) is 75.8 Å². The van der Waals surface area contributed by atoms with Crippen molar-refractivity contribution in [3.05, 3.63) is 205 Å². The topological polar surface area (TPSA) is 55.1 Å². The molecular weight excluding hydrogens is 721 g/mol. The molecule has 0 aliphatic heterocycles. The molecule has 2 heterocycles. The fourth-order valence-electron chi connectivity index (χ4n) is 8.78. The number of benzene rings is 8. The van der Waals surface area contributed by atoms with Crippen LogP contribution in [0.25, 0.3) is 78.4 Å². The van der Waals surface area contributed by atoms with Crippen LogP contribution < -0.4 is 4.90 Å². The van der Waals surface area contributed by atoms with Gasteiger partial charge in [-0.3, -0.25) is 0 Å². The van der Waals surface area contributed by atoms with Crippen LogP contribution in [0, 0.1) is 0 Å². The first-order valence-electron chi connectivity index (χ1n) is 20.0. The van der Waals surface area contributed by atoms with E-state index in [1.807, 2.05) is 72.8 Å². The summed E-state index contributed by atoms with van der Waals surface area (Å²) in [5.74, 6) is 1.84. The molecule has 0 spiro atoms. The van der Waals surface area contributed by atoms with E-state index in [1.54, 1.807) is 0 Å². The first kappa shape index (κ1) is 34.6. The molecule has 0 saturated carbocycles. The highest BCUT2D eigenvalue weighted by atomic mass is 16.3. The largest absolute Gasteiger partial charge is 0.456 e. The van der Waals surface area contributed by atoms with Crippen molar-refractivity contribution in [1.82, 2.24) is 15.0 Å². The molecule has 0 saturated heterocycles. The summed E-state index contributed by atoms with van der Waals surface area (Å²) in [6, 6.07) is 67.9. The van der Waals surface area contributed by atoms with Gasteiger partial charge in [-0.25, -0.2) is 15.0 Å². The summed E-state index contributed by atoms with van der Waals surface area (Å²) in [6.07, 6.45) is 0. The first-order chi connectivity index (χ1) is 29.0. The van der Waals surface area contributed by atoms with Gasteiger partial charge >= 0.3 is 0 Å². The molecule has 0 fully saturated rings. The summed E-state index contributed by atoms with van der Waals surface area (Å²) in [5, 5.41) is 1.96. The van der Waals surface area contributed by atoms with Gasteiger partial charge < -0.3 is 9.32 Å². The molecule has 59 heavy (non-hydrogen) atoms. The maximum atomic E-state index is 6.74. The molecule has 0 radical (unpaired) electrons. The van der Waals surface area contributed by atoms with Gasteiger partial charge in [0, 0.05) is 56.0 Å². The molecule has 10 aromatic rings. The summed E-state index contributed by atoms with van der Waals surface area (Å²) in [7, 11) is 0. The standard InChI is InChI=1S/C54H38N4O/c1-54(2)46-23-13-12-21-42(46)43-31-29-40(33-47(43)54)58(39-27-25-36(26-28-39)35-15-6-3-7-16-35)41-30-32-44-49(34-41)59-48-24-14-22-45(50(44)48)53-56-51(37-17-8-4-9-18-37)55-52(57-53)38-19-10-5-11-20-38/h3-34H,1-2H3. The Labute approximate surface area is 342 Å². The van der Waals surface area contributed by atoms with Crippen molar-refractivity contribution < 1.29 is 4.42 Å². The van der Waals surface area contributed by atoms with Gasteiger partial charge in [0.05, 0.1) is 0 Å². The molecule has 1 aliphatic carbocycles. The summed E-state index contributed by atoms with van der Waals surface area (Å²) in [6.45, 7) is 4.66. The van der Waals surface area contributed by atoms with Crippen LogP contribution in [0.15, 0.2) is 199 Å². The molecule has 1 aliphatic rings. The SMILES string of the molecule is CC1(C)c2ccccc2-c2ccc(N(c3ccc(-c4ccccc4)cc3)c3ccc4c(c3)oc3cccc(-c5nc(-c6ccccc6)nc(-c6ccccc6)n5)c34)cc21. The number of hydrogen-bond donors (Lipinski definition) is 0. The zero-order valence-corrected chi connectivity index (χ0v) is 32.7. The highest BCUT2D eigenvalue weighted by Gasteiger charge is 2.35. The average molecular weight is 759 g/mol. The van der Waals surface area contributed by atoms with Gasteiger partial charge in [0.15, 0.2) is 17.5 Å². The molecule has 0 amide bonds. The summed E-state index contributed by atoms with van der Waals surface area (Å²) in [4.78, 5) is 17.4. The summed E-state index contributed by atoms with van der Waals surface area (Å²) >= 11 is 0. The fourth-order valence-corrected chi connectivity index (χ4v) is 8.78. The van der Waals surface area contributed by atoms with Crippen LogP contribution in [0.5, 0.6) is 0 Å². The average Bonchev–Trinajstić information content (AvgIpc) is 3.78. The Morgan fingerprint density at radius 3 is 1.61 bits per heavy atom. The van der Waals surface area contributed by atoms with Crippen molar-refractivity contribution in [2.75, 3.05) is 4.90 Å². The van der Waals surface area contributed by atoms with Crippen LogP contribution in [-0.4, -0.2) is 15.0 Å². The van der Waals surface area contributed by atoms with Crippen molar-refractivity contribution in [2.45, 2.75) is 19.3 Å². The minimum atomic E-state index is -0.139. The van der Waals surface area contributed by atoms with E-state index in [2.05, 4.69) is 140 Å². The number of hydrogen-bond acceptors (Lipinski definition) is 5. The minimum Gasteiger partial charge on any atom is -0.456 e. The van der Waals surface area contributed by atoms with E-state index < -0.39 is 0 Å². The summed E-state index contributed by atoms with van der Waals surface area (Å²) in [5.41, 5.74) is 14.9. The van der Waals surface area contributed by atoms with Gasteiger partial charge in [-0.2, -0.15) is 0 Å². The number of nitrogens with zero attached hydrogens (tertiary/aromatic N) is 4. The fraction of sp³-hybridized carbons (Fsp3) is 0.0556. The van der Waals surface area contributed by atoms with E-state index in [0.717, 1.165) is 55.7 Å². The van der Waals surface area contributed by atoms with Gasteiger partial charge in [0.2, 0.25) is 0 Å². The highest BCUT2D eigenvalue weighted by Crippen LogP contribution is 2.51. The molecule has 0 bridgehead atoms. The van der Waals surface area contributed by atoms with Crippen molar-refractivity contribution >= 4 is 39.0 Å². The van der Waals surface area contributed by atoms with Crippen LogP contribution in [0.3, 0.4) is 0 Å². The molecule has 5 heteroatoms. The van der Waals surface area contributed by atoms with Gasteiger partial charge in [-0.1, -0.05) is 159 Å². The van der Waals surface area contributed by atoms with Crippen molar-refractivity contribution in [3.63, 3.8) is 0 Å². The van der Waals surface area contributed by atoms with Gasteiger partial charge in [0.1, 0.15) is 11.2 Å². The Morgan fingerprint density at radius 2 is 0.915 bits per heavy atom. The monoisotopic (exact) mass is 758 g/mol. The molecule has 5 nitrogen and oxygen atoms in total. The van der Waals surface area contributed by atoms with E-state index >= 15 is 0 Å². The second kappa shape index (κ2) is 13.8. The number of rotatable bonds is 7. The van der Waals surface area contributed by atoms with Crippen molar-refractivity contribution in [3.8, 4) is 56.4 Å². The molecule has 11 rings (SSSR count). The zero-order valence-electron chi connectivity index (χ0n) is 32.7. The normalized spacial score (nSPS) is 12.7. The van der Waals surface area contributed by atoms with E-state index in [0.29, 0.717) is 17.5 Å². The lowest BCUT2D eigenvalue weighted by Crippen LogP contribution is -2.16. The molecule has 2 aromatic heterocycles. The van der Waals surface area contributed by atoms with E-state index in [-0.39, 0.29) is 5.41 Å². The first-order valence-corrected chi connectivity index (χ1v) is 20.0. The van der Waals surface area contributed by atoms with Gasteiger partial charge in [-0.15, -0.1) is 0 Å². The Balaban J connectivity index is 1.07. The Hall–Kier alpha value is -7.63. The maximum Gasteiger partial charge on any atom is 0.164 e. The number of furan rings is 1. The van der Waals surface area contributed by atoms with E-state index in [9.17, 15) is 0 Å². The molecule has 8 aromatic carbocycles. The lowest BCUT2D eigenvalue weighted by Gasteiger charge is -2.28. The number of fused-ring (bicyclic) bond motifs is 6. The summed E-state index contributed by atoms with van der Waals surface area (Å²) < 4.78 is 6.74. The molecular formula is C54H38N4O. The predicted molar refractivity (Wildman–Crippen MR) is 241 cm³/mol. The predicted octanol–water partition coefficient (Wildman–Crippen LogP) is 14.2. The Morgan fingerprint density at radius 1 is 0.390 bits per heavy atom. The quantitative estimate of drug-likeness (QED) is 0.162. The van der Waals surface area contributed by atoms with Crippen LogP contribution >= 0.6 is 0 Å². The van der Waals surface area contributed by atoms with E-state index in [4.69, 9.17) is 19.4 Å². The lowest BCUT2D eigenvalue weighted by molar-refractivity contribution is 0.660. The second-order valence-electron chi connectivity index (χ2n) is 15.6. The molecule has 280 valence electrons. The van der Waals surface area contributed by atoms with E-state index in [1.165, 1.54) is 33.4 Å². The molecule has 0 N–H and O–H groups in total. The van der Waals surface area contributed by atoms with Crippen LogP contribution in [0.1, 0.15) is 25.0 Å². The molecule has 0 unspecified atom stereocenters. The second-order valence-corrected chi connectivity index (χ2v) is 15.6. The van der Waals surface area contributed by atoms with Gasteiger partial charge in [0.25, 0.3) is 0 Å². The third-order valence-corrected chi connectivity index (χ3v) is 11.7. The third-order valence-electron chi connectivity index (χ3n) is 11.7. The Bertz CT molecular complexity index is 3120. The van der Waals surface area contributed by atoms with Crippen LogP contribution in [0.4, 0.5) is 17.1 Å². The third kappa shape index (κ3) is 5.90. The minimum absolute atomic E-state index is 0.139. The smallest absolute Gasteiger partial charge is 0.164 e. The van der Waals surface area contributed by atoms with Crippen LogP contribution in [0.2, 0.25) is 0 Å². The maximum absolute atomic E-state index is 6.74. The lowest BCUT2D eigenvalue weighted by atomic mass is 9.82. The number of aromatic nitrogens is 3. The Kier molecular flexibility index (Phi) is 8.09.